The summed E-state index contributed by atoms with van der Waals surface area (Å²) in [6, 6.07) is 24.0. The number of aryl methyl sites for hydroxylation is 1. The van der Waals surface area contributed by atoms with Crippen molar-refractivity contribution < 1.29 is 9.59 Å². The van der Waals surface area contributed by atoms with Crippen LogP contribution in [0.25, 0.3) is 21.8 Å². The van der Waals surface area contributed by atoms with Crippen molar-refractivity contribution in [3.05, 3.63) is 101 Å². The molecule has 3 aromatic carbocycles. The van der Waals surface area contributed by atoms with Gasteiger partial charge in [0.1, 0.15) is 0 Å². The second-order valence-electron chi connectivity index (χ2n) is 12.4. The van der Waals surface area contributed by atoms with E-state index < -0.39 is 0 Å². The fourth-order valence-electron chi connectivity index (χ4n) is 6.78. The van der Waals surface area contributed by atoms with Gasteiger partial charge >= 0.3 is 0 Å². The fourth-order valence-corrected chi connectivity index (χ4v) is 6.78. The van der Waals surface area contributed by atoms with Crippen LogP contribution in [0.1, 0.15) is 52.9 Å². The van der Waals surface area contributed by atoms with Crippen LogP contribution in [0.4, 0.5) is 11.4 Å². The zero-order valence-electron chi connectivity index (χ0n) is 25.6. The van der Waals surface area contributed by atoms with Gasteiger partial charge in [0.25, 0.3) is 5.91 Å². The zero-order valence-corrected chi connectivity index (χ0v) is 25.6. The molecule has 1 aliphatic heterocycles. The average molecular weight is 601 g/mol. The Hall–Kier alpha value is -4.69. The molecule has 2 amide bonds. The number of pyridine rings is 1. The first kappa shape index (κ1) is 29.0. The lowest BCUT2D eigenvalue weighted by Crippen LogP contribution is -2.33. The molecule has 1 saturated heterocycles. The molecule has 5 aromatic rings. The van der Waals surface area contributed by atoms with Crippen LogP contribution in [0.2, 0.25) is 0 Å². The number of amides is 2. The van der Waals surface area contributed by atoms with E-state index in [0.29, 0.717) is 12.1 Å². The molecule has 8 heteroatoms. The number of para-hydroxylation sites is 1. The zero-order chi connectivity index (χ0) is 30.6. The van der Waals surface area contributed by atoms with E-state index >= 15 is 0 Å². The molecule has 0 saturated carbocycles. The topological polar surface area (TPSA) is 102 Å². The molecule has 0 unspecified atom stereocenters. The van der Waals surface area contributed by atoms with Gasteiger partial charge in [0.05, 0.1) is 11.4 Å². The van der Waals surface area contributed by atoms with Gasteiger partial charge in [-0.25, -0.2) is 0 Å². The van der Waals surface area contributed by atoms with Crippen LogP contribution >= 0.6 is 0 Å². The summed E-state index contributed by atoms with van der Waals surface area (Å²) in [4.78, 5) is 36.2. The number of H-pyrrole nitrogens is 1. The third-order valence-corrected chi connectivity index (χ3v) is 9.20. The van der Waals surface area contributed by atoms with Crippen molar-refractivity contribution in [1.82, 2.24) is 20.2 Å². The number of likely N-dealkylation sites (tertiary alicyclic amines) is 1. The first-order valence-electron chi connectivity index (χ1n) is 16.2. The summed E-state index contributed by atoms with van der Waals surface area (Å²) >= 11 is 0. The van der Waals surface area contributed by atoms with E-state index in [1.165, 1.54) is 35.2 Å². The van der Waals surface area contributed by atoms with Crippen molar-refractivity contribution in [3.8, 4) is 0 Å². The normalized spacial score (nSPS) is 16.5. The molecule has 2 aromatic heterocycles. The van der Waals surface area contributed by atoms with E-state index in [4.69, 9.17) is 4.98 Å². The Kier molecular flexibility index (Phi) is 8.47. The quantitative estimate of drug-likeness (QED) is 0.141. The largest absolute Gasteiger partial charge is 0.384 e. The van der Waals surface area contributed by atoms with Crippen molar-refractivity contribution in [2.24, 2.45) is 5.92 Å². The van der Waals surface area contributed by atoms with Gasteiger partial charge in [0, 0.05) is 71.3 Å². The maximum absolute atomic E-state index is 13.0. The minimum Gasteiger partial charge on any atom is -0.384 e. The van der Waals surface area contributed by atoms with Crippen LogP contribution in [0, 0.1) is 5.92 Å². The van der Waals surface area contributed by atoms with E-state index in [0.717, 1.165) is 79.5 Å². The van der Waals surface area contributed by atoms with Crippen LogP contribution in [-0.4, -0.2) is 52.9 Å². The third-order valence-electron chi connectivity index (χ3n) is 9.20. The molecular formula is C37H40N6O2. The number of nitrogens with one attached hydrogen (secondary N) is 4. The Morgan fingerprint density at radius 2 is 1.82 bits per heavy atom. The number of nitrogens with zero attached hydrogens (tertiary/aromatic N) is 2. The summed E-state index contributed by atoms with van der Waals surface area (Å²) < 4.78 is 0. The van der Waals surface area contributed by atoms with Gasteiger partial charge in [0.2, 0.25) is 5.91 Å². The second-order valence-corrected chi connectivity index (χ2v) is 12.4. The third kappa shape index (κ3) is 6.56. The van der Waals surface area contributed by atoms with E-state index in [1.807, 2.05) is 54.7 Å². The highest BCUT2D eigenvalue weighted by atomic mass is 16.2. The maximum Gasteiger partial charge on any atom is 0.255 e. The number of fused-ring (bicyclic) bond motifs is 3. The summed E-state index contributed by atoms with van der Waals surface area (Å²) in [5, 5.41) is 12.1. The standard InChI is InChI=1S/C37H40N6O2/c44-36(40-19-5-18-39-35-30-6-1-3-8-33(30)42-34-9-4-2-7-31(34)35)28-17-21-43(24-28)23-25-10-12-26(13-11-25)37(45)41-29-14-15-32-27(22-29)16-20-38-32/h1,3,6,8,10-16,20,22,28,38H,2,4-5,7,9,17-19,21,23-24H2,(H,39,42)(H,40,44)(H,41,45)/t28-/m1/s1. The van der Waals surface area contributed by atoms with Crippen LogP contribution in [0.15, 0.2) is 79.0 Å². The molecule has 45 heavy (non-hydrogen) atoms. The molecule has 3 heterocycles. The molecule has 8 nitrogen and oxygen atoms in total. The summed E-state index contributed by atoms with van der Waals surface area (Å²) in [7, 11) is 0. The number of aromatic nitrogens is 2. The molecule has 230 valence electrons. The lowest BCUT2D eigenvalue weighted by atomic mass is 9.92. The molecule has 2 aliphatic rings. The summed E-state index contributed by atoms with van der Waals surface area (Å²) in [5.41, 5.74) is 8.48. The number of carbonyl (C=O) groups excluding carboxylic acids is 2. The fraction of sp³-hybridized carbons (Fsp3) is 0.324. The number of hydrogen-bond donors (Lipinski definition) is 4. The molecule has 1 atom stereocenters. The van der Waals surface area contributed by atoms with Crippen molar-refractivity contribution >= 4 is 45.0 Å². The average Bonchev–Trinajstić information content (AvgIpc) is 3.74. The van der Waals surface area contributed by atoms with Crippen molar-refractivity contribution in [2.75, 3.05) is 36.8 Å². The van der Waals surface area contributed by atoms with E-state index in [1.54, 1.807) is 0 Å². The molecule has 4 N–H and O–H groups in total. The highest BCUT2D eigenvalue weighted by Gasteiger charge is 2.28. The van der Waals surface area contributed by atoms with E-state index in [9.17, 15) is 9.59 Å². The number of rotatable bonds is 10. The minimum atomic E-state index is -0.127. The van der Waals surface area contributed by atoms with Crippen molar-refractivity contribution in [3.63, 3.8) is 0 Å². The Balaban J connectivity index is 0.853. The number of anilines is 2. The molecule has 0 bridgehead atoms. The minimum absolute atomic E-state index is 0.0107. The number of hydrogen-bond acceptors (Lipinski definition) is 5. The van der Waals surface area contributed by atoms with Gasteiger partial charge in [-0.2, -0.15) is 0 Å². The van der Waals surface area contributed by atoms with Gasteiger partial charge in [-0.3, -0.25) is 19.5 Å². The Bertz CT molecular complexity index is 1830. The van der Waals surface area contributed by atoms with Gasteiger partial charge in [-0.15, -0.1) is 0 Å². The number of carbonyl (C=O) groups is 2. The highest BCUT2D eigenvalue weighted by Crippen LogP contribution is 2.33. The molecule has 0 radical (unpaired) electrons. The first-order valence-corrected chi connectivity index (χ1v) is 16.2. The van der Waals surface area contributed by atoms with Gasteiger partial charge in [-0.05, 0) is 98.7 Å². The second kappa shape index (κ2) is 13.1. The number of aromatic amines is 1. The molecule has 1 fully saturated rings. The number of benzene rings is 3. The summed E-state index contributed by atoms with van der Waals surface area (Å²) in [6.07, 6.45) is 8.18. The predicted octanol–water partition coefficient (Wildman–Crippen LogP) is 6.29. The Morgan fingerprint density at radius 1 is 0.956 bits per heavy atom. The van der Waals surface area contributed by atoms with Gasteiger partial charge < -0.3 is 20.9 Å². The Labute approximate surface area is 263 Å². The Morgan fingerprint density at radius 3 is 2.73 bits per heavy atom. The van der Waals surface area contributed by atoms with E-state index in [2.05, 4.69) is 50.1 Å². The molecular weight excluding hydrogens is 560 g/mol. The van der Waals surface area contributed by atoms with Crippen LogP contribution in [-0.2, 0) is 24.2 Å². The molecule has 0 spiro atoms. The van der Waals surface area contributed by atoms with Crippen molar-refractivity contribution in [1.29, 1.82) is 0 Å². The van der Waals surface area contributed by atoms with Crippen LogP contribution in [0.5, 0.6) is 0 Å². The highest BCUT2D eigenvalue weighted by molar-refractivity contribution is 6.05. The SMILES string of the molecule is O=C(Nc1ccc2[nH]ccc2c1)c1ccc(CN2CC[C@@H](C(=O)NCCCNc3c4c(nc5ccccc35)CCCC4)C2)cc1. The first-order chi connectivity index (χ1) is 22.1. The molecule has 7 rings (SSSR count). The summed E-state index contributed by atoms with van der Waals surface area (Å²) in [5.74, 6) is 0.0312. The van der Waals surface area contributed by atoms with Crippen LogP contribution in [0.3, 0.4) is 0 Å². The van der Waals surface area contributed by atoms with Gasteiger partial charge in [-0.1, -0.05) is 30.3 Å². The summed E-state index contributed by atoms with van der Waals surface area (Å²) in [6.45, 7) is 3.89. The lowest BCUT2D eigenvalue weighted by Gasteiger charge is -2.21. The maximum atomic E-state index is 13.0. The smallest absolute Gasteiger partial charge is 0.255 e. The van der Waals surface area contributed by atoms with Crippen molar-refractivity contribution in [2.45, 2.75) is 45.1 Å². The monoisotopic (exact) mass is 600 g/mol. The van der Waals surface area contributed by atoms with E-state index in [-0.39, 0.29) is 17.7 Å². The predicted molar refractivity (Wildman–Crippen MR) is 181 cm³/mol. The van der Waals surface area contributed by atoms with Crippen LogP contribution < -0.4 is 16.0 Å². The van der Waals surface area contributed by atoms with Gasteiger partial charge in [0.15, 0.2) is 0 Å². The molecule has 1 aliphatic carbocycles. The lowest BCUT2D eigenvalue weighted by molar-refractivity contribution is -0.124.